The Hall–Kier alpha value is -4.34. The molecule has 10 nitrogen and oxygen atoms in total. The zero-order valence-electron chi connectivity index (χ0n) is 16.8. The van der Waals surface area contributed by atoms with E-state index in [0.29, 0.717) is 16.7 Å². The van der Waals surface area contributed by atoms with E-state index in [1.54, 1.807) is 24.4 Å². The first-order chi connectivity index (χ1) is 15.3. The van der Waals surface area contributed by atoms with Crippen LogP contribution in [0.3, 0.4) is 0 Å². The van der Waals surface area contributed by atoms with Crippen LogP contribution in [0.15, 0.2) is 48.7 Å². The molecule has 3 heterocycles. The molecule has 5 amide bonds. The SMILES string of the molecule is O=C1NC(=O)C(CNC(=O)c2ccc3cc[nH]c3c2)(CN2Cc3cc(O)ccc3C2=O)N1. The highest BCUT2D eigenvalue weighted by molar-refractivity contribution is 6.08. The van der Waals surface area contributed by atoms with Crippen molar-refractivity contribution in [2.75, 3.05) is 13.1 Å². The Bertz CT molecular complexity index is 1300. The lowest BCUT2D eigenvalue weighted by molar-refractivity contribution is -0.124. The van der Waals surface area contributed by atoms with Crippen LogP contribution in [-0.2, 0) is 11.3 Å². The van der Waals surface area contributed by atoms with Crippen molar-refractivity contribution < 1.29 is 24.3 Å². The number of urea groups is 1. The number of aromatic amines is 1. The highest BCUT2D eigenvalue weighted by atomic mass is 16.3. The summed E-state index contributed by atoms with van der Waals surface area (Å²) in [5, 5.41) is 18.1. The highest BCUT2D eigenvalue weighted by Gasteiger charge is 2.49. The van der Waals surface area contributed by atoms with Crippen molar-refractivity contribution in [3.8, 4) is 5.75 Å². The number of amides is 5. The van der Waals surface area contributed by atoms with Gasteiger partial charge >= 0.3 is 6.03 Å². The maximum absolute atomic E-state index is 12.8. The van der Waals surface area contributed by atoms with Crippen molar-refractivity contribution in [1.82, 2.24) is 25.8 Å². The van der Waals surface area contributed by atoms with Gasteiger partial charge in [0.1, 0.15) is 5.75 Å². The number of nitrogens with zero attached hydrogens (tertiary/aromatic N) is 1. The number of aromatic nitrogens is 1. The number of aromatic hydroxyl groups is 1. The number of hydrogen-bond acceptors (Lipinski definition) is 5. The molecule has 3 aromatic rings. The number of phenols is 1. The molecule has 2 aliphatic rings. The van der Waals surface area contributed by atoms with Crippen LogP contribution >= 0.6 is 0 Å². The van der Waals surface area contributed by atoms with Gasteiger partial charge < -0.3 is 25.6 Å². The van der Waals surface area contributed by atoms with Gasteiger partial charge in [0, 0.05) is 29.4 Å². The molecule has 2 aromatic carbocycles. The minimum Gasteiger partial charge on any atom is -0.508 e. The van der Waals surface area contributed by atoms with Gasteiger partial charge in [0.2, 0.25) is 0 Å². The van der Waals surface area contributed by atoms with E-state index in [9.17, 15) is 24.3 Å². The molecule has 5 rings (SSSR count). The topological polar surface area (TPSA) is 144 Å². The van der Waals surface area contributed by atoms with Gasteiger partial charge in [-0.3, -0.25) is 19.7 Å². The zero-order chi connectivity index (χ0) is 22.5. The van der Waals surface area contributed by atoms with Crippen LogP contribution in [0.4, 0.5) is 4.79 Å². The first-order valence-electron chi connectivity index (χ1n) is 9.95. The molecule has 1 saturated heterocycles. The fourth-order valence-electron chi connectivity index (χ4n) is 4.16. The summed E-state index contributed by atoms with van der Waals surface area (Å²) < 4.78 is 0. The number of imide groups is 1. The third kappa shape index (κ3) is 3.22. The minimum atomic E-state index is -1.52. The van der Waals surface area contributed by atoms with E-state index in [0.717, 1.165) is 10.9 Å². The summed E-state index contributed by atoms with van der Waals surface area (Å²) in [6, 6.07) is 10.8. The van der Waals surface area contributed by atoms with Gasteiger partial charge in [0.05, 0.1) is 13.1 Å². The lowest BCUT2D eigenvalue weighted by Crippen LogP contribution is -2.61. The molecule has 1 unspecified atom stereocenters. The fourth-order valence-corrected chi connectivity index (χ4v) is 4.16. The number of nitrogens with one attached hydrogen (secondary N) is 4. The van der Waals surface area contributed by atoms with Crippen LogP contribution in [0.5, 0.6) is 5.75 Å². The molecule has 1 aromatic heterocycles. The molecule has 0 radical (unpaired) electrons. The number of carbonyl (C=O) groups is 4. The van der Waals surface area contributed by atoms with Crippen LogP contribution in [-0.4, -0.2) is 57.4 Å². The predicted octanol–water partition coefficient (Wildman–Crippen LogP) is 0.837. The molecule has 0 saturated carbocycles. The highest BCUT2D eigenvalue weighted by Crippen LogP contribution is 2.28. The first-order valence-corrected chi connectivity index (χ1v) is 9.95. The third-order valence-electron chi connectivity index (χ3n) is 5.81. The van der Waals surface area contributed by atoms with E-state index < -0.39 is 23.4 Å². The van der Waals surface area contributed by atoms with E-state index in [1.165, 1.54) is 23.1 Å². The average Bonchev–Trinajstić information content (AvgIpc) is 3.42. The quantitative estimate of drug-likeness (QED) is 0.379. The Balaban J connectivity index is 1.36. The van der Waals surface area contributed by atoms with Gasteiger partial charge in [-0.25, -0.2) is 4.79 Å². The smallest absolute Gasteiger partial charge is 0.322 e. The van der Waals surface area contributed by atoms with Gasteiger partial charge in [0.25, 0.3) is 17.7 Å². The number of H-pyrrole nitrogens is 1. The van der Waals surface area contributed by atoms with E-state index in [4.69, 9.17) is 0 Å². The summed E-state index contributed by atoms with van der Waals surface area (Å²) in [6.45, 7) is -0.183. The predicted molar refractivity (Wildman–Crippen MR) is 113 cm³/mol. The third-order valence-corrected chi connectivity index (χ3v) is 5.81. The molecule has 5 N–H and O–H groups in total. The number of carbonyl (C=O) groups excluding carboxylic acids is 4. The summed E-state index contributed by atoms with van der Waals surface area (Å²) >= 11 is 0. The molecule has 0 bridgehead atoms. The second-order valence-electron chi connectivity index (χ2n) is 7.96. The fraction of sp³-hybridized carbons (Fsp3) is 0.182. The van der Waals surface area contributed by atoms with Gasteiger partial charge in [-0.2, -0.15) is 0 Å². The minimum absolute atomic E-state index is 0.0336. The van der Waals surface area contributed by atoms with Crippen LogP contribution in [0, 0.1) is 0 Å². The Kier molecular flexibility index (Phi) is 4.36. The summed E-state index contributed by atoms with van der Waals surface area (Å²) in [6.07, 6.45) is 1.77. The molecule has 162 valence electrons. The normalized spacial score (nSPS) is 19.8. The van der Waals surface area contributed by atoms with Crippen LogP contribution in [0.25, 0.3) is 10.9 Å². The van der Waals surface area contributed by atoms with Crippen molar-refractivity contribution >= 4 is 34.7 Å². The first kappa shape index (κ1) is 19.6. The monoisotopic (exact) mass is 433 g/mol. The number of rotatable bonds is 5. The van der Waals surface area contributed by atoms with Crippen molar-refractivity contribution in [2.24, 2.45) is 0 Å². The summed E-state index contributed by atoms with van der Waals surface area (Å²) in [5.74, 6) is -1.34. The Morgan fingerprint density at radius 2 is 1.97 bits per heavy atom. The number of phenolic OH excluding ortho intramolecular Hbond substituents is 1. The number of benzene rings is 2. The second-order valence-corrected chi connectivity index (χ2v) is 7.96. The standard InChI is InChI=1S/C22H19N5O5/c28-15-3-4-16-14(7-15)9-27(19(16)30)11-22(20(31)25-21(32)26-22)10-24-18(29)13-2-1-12-5-6-23-17(12)8-13/h1-8,23,28H,9-11H2,(H,24,29)(H2,25,26,31,32). The summed E-state index contributed by atoms with van der Waals surface area (Å²) in [7, 11) is 0. The van der Waals surface area contributed by atoms with Gasteiger partial charge in [0.15, 0.2) is 5.54 Å². The maximum atomic E-state index is 12.8. The van der Waals surface area contributed by atoms with Gasteiger partial charge in [-0.15, -0.1) is 0 Å². The lowest BCUT2D eigenvalue weighted by atomic mass is 9.98. The van der Waals surface area contributed by atoms with E-state index in [-0.39, 0.29) is 31.3 Å². The van der Waals surface area contributed by atoms with Gasteiger partial charge in [-0.05, 0) is 47.3 Å². The molecular formula is C22H19N5O5. The number of hydrogen-bond donors (Lipinski definition) is 5. The largest absolute Gasteiger partial charge is 0.508 e. The molecule has 0 spiro atoms. The average molecular weight is 433 g/mol. The Morgan fingerprint density at radius 3 is 2.75 bits per heavy atom. The lowest BCUT2D eigenvalue weighted by Gasteiger charge is -2.31. The van der Waals surface area contributed by atoms with Crippen LogP contribution < -0.4 is 16.0 Å². The van der Waals surface area contributed by atoms with E-state index in [2.05, 4.69) is 20.9 Å². The van der Waals surface area contributed by atoms with E-state index >= 15 is 0 Å². The molecular weight excluding hydrogens is 414 g/mol. The van der Waals surface area contributed by atoms with Crippen LogP contribution in [0.1, 0.15) is 26.3 Å². The molecule has 1 atom stereocenters. The second kappa shape index (κ2) is 7.12. The van der Waals surface area contributed by atoms with E-state index in [1.807, 2.05) is 6.07 Å². The molecule has 32 heavy (non-hydrogen) atoms. The maximum Gasteiger partial charge on any atom is 0.322 e. The van der Waals surface area contributed by atoms with Crippen molar-refractivity contribution in [2.45, 2.75) is 12.1 Å². The van der Waals surface area contributed by atoms with Crippen molar-refractivity contribution in [3.05, 3.63) is 65.4 Å². The van der Waals surface area contributed by atoms with Crippen molar-refractivity contribution in [1.29, 1.82) is 0 Å². The van der Waals surface area contributed by atoms with Gasteiger partial charge in [-0.1, -0.05) is 6.07 Å². The number of fused-ring (bicyclic) bond motifs is 2. The summed E-state index contributed by atoms with van der Waals surface area (Å²) in [4.78, 5) is 54.6. The Morgan fingerprint density at radius 1 is 1.12 bits per heavy atom. The molecule has 0 aliphatic carbocycles. The molecule has 1 fully saturated rings. The molecule has 10 heteroatoms. The zero-order valence-corrected chi connectivity index (χ0v) is 16.8. The van der Waals surface area contributed by atoms with Crippen molar-refractivity contribution in [3.63, 3.8) is 0 Å². The van der Waals surface area contributed by atoms with Crippen LogP contribution in [0.2, 0.25) is 0 Å². The molecule has 2 aliphatic heterocycles. The Labute approximate surface area is 181 Å². The summed E-state index contributed by atoms with van der Waals surface area (Å²) in [5.41, 5.74) is 0.704.